The topological polar surface area (TPSA) is 42.2 Å². The minimum absolute atomic E-state index is 0.238. The Hall–Kier alpha value is -1.53. The molecule has 1 aliphatic rings. The second-order valence-electron chi connectivity index (χ2n) is 4.40. The van der Waals surface area contributed by atoms with E-state index in [1.54, 1.807) is 19.2 Å². The fourth-order valence-corrected chi connectivity index (χ4v) is 2.22. The molecule has 2 rings (SSSR count). The third-order valence-electron chi connectivity index (χ3n) is 3.20. The molecule has 0 amide bonds. The van der Waals surface area contributed by atoms with Crippen molar-refractivity contribution in [1.82, 2.24) is 0 Å². The molecule has 1 fully saturated rings. The smallest absolute Gasteiger partial charge is 0.119 e. The van der Waals surface area contributed by atoms with Crippen molar-refractivity contribution >= 4 is 0 Å². The normalized spacial score (nSPS) is 24.0. The number of benzene rings is 1. The van der Waals surface area contributed by atoms with Crippen LogP contribution in [0.25, 0.3) is 0 Å². The summed E-state index contributed by atoms with van der Waals surface area (Å²) in [5, 5.41) is 8.71. The molecule has 1 aliphatic carbocycles. The monoisotopic (exact) mass is 231 g/mol. The van der Waals surface area contributed by atoms with Crippen LogP contribution in [0.1, 0.15) is 31.2 Å². The Morgan fingerprint density at radius 2 is 1.88 bits per heavy atom. The quantitative estimate of drug-likeness (QED) is 0.803. The van der Waals surface area contributed by atoms with Crippen molar-refractivity contribution in [1.29, 1.82) is 5.26 Å². The molecule has 0 radical (unpaired) electrons. The Morgan fingerprint density at radius 3 is 2.53 bits per heavy atom. The lowest BCUT2D eigenvalue weighted by Gasteiger charge is -2.28. The summed E-state index contributed by atoms with van der Waals surface area (Å²) in [4.78, 5) is 0. The van der Waals surface area contributed by atoms with Gasteiger partial charge in [0.15, 0.2) is 0 Å². The molecule has 0 spiro atoms. The molecule has 90 valence electrons. The van der Waals surface area contributed by atoms with Crippen LogP contribution in [-0.4, -0.2) is 19.3 Å². The summed E-state index contributed by atoms with van der Waals surface area (Å²) >= 11 is 0. The minimum atomic E-state index is 0.238. The van der Waals surface area contributed by atoms with Gasteiger partial charge in [-0.2, -0.15) is 5.26 Å². The fraction of sp³-hybridized carbons (Fsp3) is 0.500. The molecule has 3 heteroatoms. The average Bonchev–Trinajstić information content (AvgIpc) is 2.40. The van der Waals surface area contributed by atoms with Gasteiger partial charge in [-0.25, -0.2) is 0 Å². The lowest BCUT2D eigenvalue weighted by molar-refractivity contribution is 0.0210. The Bertz CT molecular complexity index is 394. The molecule has 3 nitrogen and oxygen atoms in total. The third kappa shape index (κ3) is 3.21. The highest BCUT2D eigenvalue weighted by atomic mass is 16.5. The predicted octanol–water partition coefficient (Wildman–Crippen LogP) is 2.89. The molecule has 2 unspecified atom stereocenters. The first-order valence-corrected chi connectivity index (χ1v) is 6.01. The van der Waals surface area contributed by atoms with Gasteiger partial charge in [-0.15, -0.1) is 0 Å². The van der Waals surface area contributed by atoms with Gasteiger partial charge >= 0.3 is 0 Å². The van der Waals surface area contributed by atoms with Crippen LogP contribution in [0.3, 0.4) is 0 Å². The van der Waals surface area contributed by atoms with E-state index in [1.807, 2.05) is 12.1 Å². The van der Waals surface area contributed by atoms with E-state index in [0.717, 1.165) is 31.4 Å². The Morgan fingerprint density at radius 1 is 1.18 bits per heavy atom. The van der Waals surface area contributed by atoms with E-state index in [2.05, 4.69) is 6.07 Å². The number of nitrogens with zero attached hydrogens (tertiary/aromatic N) is 1. The van der Waals surface area contributed by atoms with E-state index in [4.69, 9.17) is 14.7 Å². The SMILES string of the molecule is COC1CCCC(Oc2ccc(C#N)cc2)C1. The zero-order valence-corrected chi connectivity index (χ0v) is 10.1. The number of hydrogen-bond donors (Lipinski definition) is 0. The van der Waals surface area contributed by atoms with Crippen molar-refractivity contribution in [2.75, 3.05) is 7.11 Å². The number of methoxy groups -OCH3 is 1. The summed E-state index contributed by atoms with van der Waals surface area (Å²) in [5.41, 5.74) is 0.663. The second-order valence-corrected chi connectivity index (χ2v) is 4.40. The summed E-state index contributed by atoms with van der Waals surface area (Å²) in [6.07, 6.45) is 4.88. The lowest BCUT2D eigenvalue weighted by atomic mass is 9.95. The van der Waals surface area contributed by atoms with Gasteiger partial charge in [0.05, 0.1) is 17.7 Å². The molecule has 0 aromatic heterocycles. The van der Waals surface area contributed by atoms with Gasteiger partial charge in [0, 0.05) is 13.5 Å². The zero-order valence-electron chi connectivity index (χ0n) is 10.1. The third-order valence-corrected chi connectivity index (χ3v) is 3.20. The fourth-order valence-electron chi connectivity index (χ4n) is 2.22. The van der Waals surface area contributed by atoms with Gasteiger partial charge in [-0.05, 0) is 43.5 Å². The summed E-state index contributed by atoms with van der Waals surface area (Å²) in [7, 11) is 1.76. The largest absolute Gasteiger partial charge is 0.490 e. The van der Waals surface area contributed by atoms with Crippen LogP contribution < -0.4 is 4.74 Å². The van der Waals surface area contributed by atoms with Crippen LogP contribution in [0.4, 0.5) is 0 Å². The van der Waals surface area contributed by atoms with E-state index < -0.39 is 0 Å². The molecule has 0 heterocycles. The minimum Gasteiger partial charge on any atom is -0.490 e. The van der Waals surface area contributed by atoms with Gasteiger partial charge in [0.2, 0.25) is 0 Å². The second kappa shape index (κ2) is 5.70. The van der Waals surface area contributed by atoms with Crippen molar-refractivity contribution in [3.63, 3.8) is 0 Å². The standard InChI is InChI=1S/C14H17NO2/c1-16-13-3-2-4-14(9-13)17-12-7-5-11(10-15)6-8-12/h5-8,13-14H,2-4,9H2,1H3. The lowest BCUT2D eigenvalue weighted by Crippen LogP contribution is -2.29. The average molecular weight is 231 g/mol. The summed E-state index contributed by atoms with van der Waals surface area (Å²) in [6, 6.07) is 9.38. The molecule has 1 aromatic carbocycles. The molecule has 17 heavy (non-hydrogen) atoms. The van der Waals surface area contributed by atoms with Crippen molar-refractivity contribution in [2.45, 2.75) is 37.9 Å². The van der Waals surface area contributed by atoms with Crippen LogP contribution in [0.5, 0.6) is 5.75 Å². The molecule has 0 N–H and O–H groups in total. The van der Waals surface area contributed by atoms with Gasteiger partial charge in [-0.1, -0.05) is 0 Å². The van der Waals surface area contributed by atoms with Gasteiger partial charge in [-0.3, -0.25) is 0 Å². The molecular formula is C14H17NO2. The van der Waals surface area contributed by atoms with E-state index in [1.165, 1.54) is 0 Å². The van der Waals surface area contributed by atoms with E-state index in [-0.39, 0.29) is 6.10 Å². The maximum absolute atomic E-state index is 8.71. The van der Waals surface area contributed by atoms with Crippen molar-refractivity contribution in [2.24, 2.45) is 0 Å². The van der Waals surface area contributed by atoms with Gasteiger partial charge < -0.3 is 9.47 Å². The first-order chi connectivity index (χ1) is 8.31. The van der Waals surface area contributed by atoms with Gasteiger partial charge in [0.25, 0.3) is 0 Å². The highest BCUT2D eigenvalue weighted by Crippen LogP contribution is 2.25. The molecule has 0 aliphatic heterocycles. The van der Waals surface area contributed by atoms with Crippen LogP contribution in [0.15, 0.2) is 24.3 Å². The van der Waals surface area contributed by atoms with Crippen LogP contribution in [0.2, 0.25) is 0 Å². The van der Waals surface area contributed by atoms with E-state index >= 15 is 0 Å². The van der Waals surface area contributed by atoms with Crippen molar-refractivity contribution < 1.29 is 9.47 Å². The summed E-state index contributed by atoms with van der Waals surface area (Å²) < 4.78 is 11.3. The predicted molar refractivity (Wildman–Crippen MR) is 64.8 cm³/mol. The van der Waals surface area contributed by atoms with Crippen LogP contribution in [0, 0.1) is 11.3 Å². The first kappa shape index (κ1) is 11.9. The number of hydrogen-bond acceptors (Lipinski definition) is 3. The maximum atomic E-state index is 8.71. The molecule has 0 saturated heterocycles. The van der Waals surface area contributed by atoms with Crippen molar-refractivity contribution in [3.05, 3.63) is 29.8 Å². The van der Waals surface area contributed by atoms with Crippen LogP contribution in [-0.2, 0) is 4.74 Å². The maximum Gasteiger partial charge on any atom is 0.119 e. The molecular weight excluding hydrogens is 214 g/mol. The Kier molecular flexibility index (Phi) is 4.00. The highest BCUT2D eigenvalue weighted by Gasteiger charge is 2.22. The molecule has 1 aromatic rings. The van der Waals surface area contributed by atoms with Crippen LogP contribution >= 0.6 is 0 Å². The Labute approximate surface area is 102 Å². The first-order valence-electron chi connectivity index (χ1n) is 6.01. The number of ether oxygens (including phenoxy) is 2. The van der Waals surface area contributed by atoms with Crippen molar-refractivity contribution in [3.8, 4) is 11.8 Å². The summed E-state index contributed by atoms with van der Waals surface area (Å²) in [6.45, 7) is 0. The molecule has 0 bridgehead atoms. The number of rotatable bonds is 3. The molecule has 1 saturated carbocycles. The van der Waals surface area contributed by atoms with E-state index in [9.17, 15) is 0 Å². The Balaban J connectivity index is 1.93. The number of nitriles is 1. The highest BCUT2D eigenvalue weighted by molar-refractivity contribution is 5.34. The van der Waals surface area contributed by atoms with Gasteiger partial charge in [0.1, 0.15) is 11.9 Å². The summed E-state index contributed by atoms with van der Waals surface area (Å²) in [5.74, 6) is 0.839. The molecule has 2 atom stereocenters. The zero-order chi connectivity index (χ0) is 12.1. The van der Waals surface area contributed by atoms with E-state index in [0.29, 0.717) is 11.7 Å².